The minimum absolute atomic E-state index is 0.00923. The molecule has 0 aromatic heterocycles. The summed E-state index contributed by atoms with van der Waals surface area (Å²) < 4.78 is 19.6. The van der Waals surface area contributed by atoms with Crippen LogP contribution < -0.4 is 15.2 Å². The number of carbonyl (C=O) groups is 1. The summed E-state index contributed by atoms with van der Waals surface area (Å²) in [6.07, 6.45) is 1.77. The summed E-state index contributed by atoms with van der Waals surface area (Å²) in [5.74, 6) is 1.21. The Morgan fingerprint density at radius 2 is 2.00 bits per heavy atom. The van der Waals surface area contributed by atoms with Gasteiger partial charge in [-0.25, -0.2) is 0 Å². The summed E-state index contributed by atoms with van der Waals surface area (Å²) in [5, 5.41) is 9.83. The van der Waals surface area contributed by atoms with Crippen LogP contribution in [0.15, 0.2) is 63.7 Å². The zero-order chi connectivity index (χ0) is 23.5. The summed E-state index contributed by atoms with van der Waals surface area (Å²) in [4.78, 5) is 12.9. The van der Waals surface area contributed by atoms with E-state index in [4.69, 9.17) is 19.9 Å². The van der Waals surface area contributed by atoms with Crippen LogP contribution in [0.5, 0.6) is 11.5 Å². The molecule has 6 nitrogen and oxygen atoms in total. The summed E-state index contributed by atoms with van der Waals surface area (Å²) in [6, 6.07) is 13.8. The average Bonchev–Trinajstić information content (AvgIpc) is 2.79. The molecule has 0 fully saturated rings. The van der Waals surface area contributed by atoms with Gasteiger partial charge in [-0.2, -0.15) is 5.26 Å². The lowest BCUT2D eigenvalue weighted by molar-refractivity contribution is -0.116. The third kappa shape index (κ3) is 4.89. The van der Waals surface area contributed by atoms with Crippen LogP contribution in [0.4, 0.5) is 0 Å². The topological polar surface area (TPSA) is 94.6 Å². The molecule has 0 unspecified atom stereocenters. The molecule has 2 aromatic rings. The summed E-state index contributed by atoms with van der Waals surface area (Å²) >= 11 is 5.64. The summed E-state index contributed by atoms with van der Waals surface area (Å²) in [5.41, 5.74) is 8.63. The molecule has 0 spiro atoms. The Morgan fingerprint density at radius 3 is 2.70 bits per heavy atom. The smallest absolute Gasteiger partial charge is 0.205 e. The molecule has 1 heterocycles. The summed E-state index contributed by atoms with van der Waals surface area (Å²) in [7, 11) is 0. The van der Waals surface area contributed by atoms with Gasteiger partial charge in [-0.1, -0.05) is 28.1 Å². The maximum absolute atomic E-state index is 12.9. The first-order valence-electron chi connectivity index (χ1n) is 10.6. The number of halogens is 2. The zero-order valence-electron chi connectivity index (χ0n) is 18.0. The number of hydrogen-bond acceptors (Lipinski definition) is 6. The highest BCUT2D eigenvalue weighted by Crippen LogP contribution is 2.46. The second-order valence-corrected chi connectivity index (χ2v) is 9.79. The highest BCUT2D eigenvalue weighted by atomic mass is 127. The van der Waals surface area contributed by atoms with Crippen LogP contribution in [-0.2, 0) is 16.1 Å². The molecule has 0 bridgehead atoms. The second-order valence-electron chi connectivity index (χ2n) is 7.72. The normalized spacial score (nSPS) is 17.9. The first-order valence-corrected chi connectivity index (χ1v) is 12.5. The molecule has 2 N–H and O–H groups in total. The fraction of sp³-hybridized carbons (Fsp3) is 0.280. The van der Waals surface area contributed by atoms with Crippen LogP contribution >= 0.6 is 38.5 Å². The molecule has 170 valence electrons. The van der Waals surface area contributed by atoms with Gasteiger partial charge >= 0.3 is 0 Å². The highest BCUT2D eigenvalue weighted by molar-refractivity contribution is 14.1. The molecule has 2 aliphatic rings. The number of rotatable bonds is 6. The van der Waals surface area contributed by atoms with Crippen molar-refractivity contribution in [3.8, 4) is 17.6 Å². The fourth-order valence-corrected chi connectivity index (χ4v) is 5.13. The molecule has 0 radical (unpaired) electrons. The molecule has 0 saturated heterocycles. The van der Waals surface area contributed by atoms with Crippen LogP contribution in [0.3, 0.4) is 0 Å². The predicted octanol–water partition coefficient (Wildman–Crippen LogP) is 5.85. The molecule has 0 amide bonds. The number of allylic oxidation sites excluding steroid dienone is 3. The van der Waals surface area contributed by atoms with Crippen molar-refractivity contribution in [2.75, 3.05) is 6.61 Å². The van der Waals surface area contributed by atoms with E-state index in [1.54, 1.807) is 0 Å². The van der Waals surface area contributed by atoms with Crippen molar-refractivity contribution >= 4 is 44.3 Å². The van der Waals surface area contributed by atoms with Crippen molar-refractivity contribution in [2.24, 2.45) is 5.73 Å². The van der Waals surface area contributed by atoms with E-state index in [1.165, 1.54) is 0 Å². The predicted molar refractivity (Wildman–Crippen MR) is 135 cm³/mol. The van der Waals surface area contributed by atoms with Crippen molar-refractivity contribution in [2.45, 2.75) is 38.7 Å². The van der Waals surface area contributed by atoms with Crippen molar-refractivity contribution in [1.29, 1.82) is 5.26 Å². The Labute approximate surface area is 214 Å². The van der Waals surface area contributed by atoms with Crippen molar-refractivity contribution in [3.05, 3.63) is 78.4 Å². The van der Waals surface area contributed by atoms with Gasteiger partial charge in [0, 0.05) is 22.9 Å². The molecular weight excluding hydrogens is 599 g/mol. The van der Waals surface area contributed by atoms with Gasteiger partial charge in [0.1, 0.15) is 24.0 Å². The number of nitrogens with two attached hydrogens (primary N) is 1. The van der Waals surface area contributed by atoms with E-state index in [1.807, 2.05) is 43.3 Å². The number of ether oxygens (including phenoxy) is 3. The van der Waals surface area contributed by atoms with Crippen molar-refractivity contribution in [3.63, 3.8) is 0 Å². The Bertz CT molecular complexity index is 1200. The molecular formula is C25H22BrIN2O4. The van der Waals surface area contributed by atoms with Gasteiger partial charge < -0.3 is 19.9 Å². The number of hydrogen-bond donors (Lipinski definition) is 1. The number of carbonyl (C=O) groups excluding carboxylic acids is 1. The molecule has 33 heavy (non-hydrogen) atoms. The average molecular weight is 621 g/mol. The fourth-order valence-electron chi connectivity index (χ4n) is 4.08. The van der Waals surface area contributed by atoms with E-state index < -0.39 is 5.92 Å². The first-order chi connectivity index (χ1) is 15.9. The lowest BCUT2D eigenvalue weighted by Crippen LogP contribution is -2.27. The van der Waals surface area contributed by atoms with Gasteiger partial charge in [-0.3, -0.25) is 4.79 Å². The van der Waals surface area contributed by atoms with E-state index >= 15 is 0 Å². The number of ketones is 1. The number of benzene rings is 2. The number of nitrogens with zero attached hydrogens (tertiary/aromatic N) is 1. The Balaban J connectivity index is 1.75. The Hall–Kier alpha value is -2.51. The molecule has 1 atom stereocenters. The molecule has 2 aromatic carbocycles. The summed E-state index contributed by atoms with van der Waals surface area (Å²) in [6.45, 7) is 2.72. The maximum Gasteiger partial charge on any atom is 0.205 e. The lowest BCUT2D eigenvalue weighted by atomic mass is 9.77. The SMILES string of the molecule is CCOc1cc([C@H]2C(C#N)=C(N)OC3=C2C(=O)CCC3)cc(I)c1OCc1ccc(Br)cc1. The van der Waals surface area contributed by atoms with Gasteiger partial charge in [-0.05, 0) is 71.3 Å². The van der Waals surface area contributed by atoms with Crippen LogP contribution in [-0.4, -0.2) is 12.4 Å². The number of Topliss-reactive ketones (excluding diaryl/α,β-unsaturated/α-hetero) is 1. The Morgan fingerprint density at radius 1 is 1.24 bits per heavy atom. The largest absolute Gasteiger partial charge is 0.490 e. The molecule has 1 aliphatic carbocycles. The van der Waals surface area contributed by atoms with Gasteiger partial charge in [0.2, 0.25) is 5.88 Å². The van der Waals surface area contributed by atoms with Gasteiger partial charge in [-0.15, -0.1) is 0 Å². The van der Waals surface area contributed by atoms with Crippen LogP contribution in [0, 0.1) is 14.9 Å². The zero-order valence-corrected chi connectivity index (χ0v) is 21.7. The Kier molecular flexibility index (Phi) is 7.29. The van der Waals surface area contributed by atoms with Crippen molar-refractivity contribution in [1.82, 2.24) is 0 Å². The third-order valence-electron chi connectivity index (χ3n) is 5.57. The van der Waals surface area contributed by atoms with E-state index in [0.29, 0.717) is 55.3 Å². The van der Waals surface area contributed by atoms with Crippen molar-refractivity contribution < 1.29 is 19.0 Å². The van der Waals surface area contributed by atoms with Gasteiger partial charge in [0.15, 0.2) is 17.3 Å². The van der Waals surface area contributed by atoms with E-state index in [-0.39, 0.29) is 17.2 Å². The monoisotopic (exact) mass is 620 g/mol. The van der Waals surface area contributed by atoms with E-state index in [9.17, 15) is 10.1 Å². The number of nitriles is 1. The lowest BCUT2D eigenvalue weighted by Gasteiger charge is -2.31. The first kappa shape index (κ1) is 23.6. The molecule has 4 rings (SSSR count). The van der Waals surface area contributed by atoms with Crippen LogP contribution in [0.25, 0.3) is 0 Å². The standard InChI is InChI=1S/C25H22BrIN2O4/c1-2-31-21-11-15(10-18(27)24(21)32-13-14-6-8-16(26)9-7-14)22-17(12-28)25(29)33-20-5-3-4-19(30)23(20)22/h6-11,22H,2-5,13,29H2,1H3/t22-/m0/s1. The molecule has 1 aliphatic heterocycles. The quantitative estimate of drug-likeness (QED) is 0.408. The van der Waals surface area contributed by atoms with Crippen LogP contribution in [0.1, 0.15) is 43.2 Å². The second kappa shape index (κ2) is 10.2. The molecule has 0 saturated carbocycles. The van der Waals surface area contributed by atoms with Gasteiger partial charge in [0.05, 0.1) is 16.1 Å². The molecule has 8 heteroatoms. The van der Waals surface area contributed by atoms with Gasteiger partial charge in [0.25, 0.3) is 0 Å². The van der Waals surface area contributed by atoms with Crippen LogP contribution in [0.2, 0.25) is 0 Å². The van der Waals surface area contributed by atoms with E-state index in [2.05, 4.69) is 44.6 Å². The van der Waals surface area contributed by atoms with E-state index in [0.717, 1.165) is 19.2 Å². The third-order valence-corrected chi connectivity index (χ3v) is 6.90. The minimum atomic E-state index is -0.584. The highest BCUT2D eigenvalue weighted by Gasteiger charge is 2.38. The minimum Gasteiger partial charge on any atom is -0.490 e. The maximum atomic E-state index is 12.9.